The lowest BCUT2D eigenvalue weighted by Gasteiger charge is -2.42. The van der Waals surface area contributed by atoms with Crippen LogP contribution in [0.5, 0.6) is 0 Å². The predicted octanol–water partition coefficient (Wildman–Crippen LogP) is 1.19. The standard InChI is InChI=1S/C15H22N2O3/c1-10-6-11(4-5-13(10)16)14(19)17-7-12(8-18)20-15(2,3)9-17/h4-6,12,18H,7-9,16H2,1-3H3. The molecule has 5 nitrogen and oxygen atoms in total. The van der Waals surface area contributed by atoms with Crippen LogP contribution in [0.25, 0.3) is 0 Å². The number of aliphatic hydroxyl groups excluding tert-OH is 1. The van der Waals surface area contributed by atoms with Crippen molar-refractivity contribution in [1.29, 1.82) is 0 Å². The summed E-state index contributed by atoms with van der Waals surface area (Å²) in [7, 11) is 0. The van der Waals surface area contributed by atoms with Crippen LogP contribution in [0, 0.1) is 6.92 Å². The molecule has 0 saturated carbocycles. The van der Waals surface area contributed by atoms with Crippen LogP contribution in [0.1, 0.15) is 29.8 Å². The van der Waals surface area contributed by atoms with Crippen molar-refractivity contribution in [2.75, 3.05) is 25.4 Å². The zero-order valence-corrected chi connectivity index (χ0v) is 12.2. The topological polar surface area (TPSA) is 75.8 Å². The molecular formula is C15H22N2O3. The van der Waals surface area contributed by atoms with Gasteiger partial charge in [-0.25, -0.2) is 0 Å². The van der Waals surface area contributed by atoms with E-state index in [4.69, 9.17) is 10.5 Å². The first-order chi connectivity index (χ1) is 9.32. The van der Waals surface area contributed by atoms with Crippen LogP contribution in [0.3, 0.4) is 0 Å². The highest BCUT2D eigenvalue weighted by Crippen LogP contribution is 2.23. The number of carbonyl (C=O) groups is 1. The number of hydrogen-bond donors (Lipinski definition) is 2. The van der Waals surface area contributed by atoms with E-state index in [1.165, 1.54) is 0 Å². The van der Waals surface area contributed by atoms with Gasteiger partial charge in [0.15, 0.2) is 0 Å². The van der Waals surface area contributed by atoms with Gasteiger partial charge >= 0.3 is 0 Å². The smallest absolute Gasteiger partial charge is 0.254 e. The summed E-state index contributed by atoms with van der Waals surface area (Å²) in [6.07, 6.45) is -0.336. The van der Waals surface area contributed by atoms with Gasteiger partial charge in [-0.05, 0) is 44.5 Å². The number of nitrogens with zero attached hydrogens (tertiary/aromatic N) is 1. The minimum atomic E-state index is -0.454. The van der Waals surface area contributed by atoms with Crippen molar-refractivity contribution in [2.45, 2.75) is 32.5 Å². The van der Waals surface area contributed by atoms with Gasteiger partial charge in [0.2, 0.25) is 0 Å². The third-order valence-electron chi connectivity index (χ3n) is 3.49. The molecule has 5 heteroatoms. The van der Waals surface area contributed by atoms with Crippen LogP contribution in [0.15, 0.2) is 18.2 Å². The summed E-state index contributed by atoms with van der Waals surface area (Å²) >= 11 is 0. The number of anilines is 1. The van der Waals surface area contributed by atoms with Crippen LogP contribution in [0.4, 0.5) is 5.69 Å². The van der Waals surface area contributed by atoms with Gasteiger partial charge in [0.1, 0.15) is 0 Å². The molecule has 1 aromatic rings. The van der Waals surface area contributed by atoms with Gasteiger partial charge in [0.25, 0.3) is 5.91 Å². The maximum Gasteiger partial charge on any atom is 0.254 e. The first-order valence-corrected chi connectivity index (χ1v) is 6.76. The molecule has 1 saturated heterocycles. The third kappa shape index (κ3) is 3.11. The van der Waals surface area contributed by atoms with Crippen LogP contribution in [-0.4, -0.2) is 47.3 Å². The minimum Gasteiger partial charge on any atom is -0.399 e. The number of carbonyl (C=O) groups excluding carboxylic acids is 1. The number of rotatable bonds is 2. The van der Waals surface area contributed by atoms with Gasteiger partial charge < -0.3 is 20.5 Å². The number of benzene rings is 1. The SMILES string of the molecule is Cc1cc(C(=O)N2CC(CO)OC(C)(C)C2)ccc1N. The Balaban J connectivity index is 2.21. The molecule has 2 rings (SSSR count). The van der Waals surface area contributed by atoms with E-state index in [9.17, 15) is 9.90 Å². The van der Waals surface area contributed by atoms with E-state index in [0.29, 0.717) is 24.3 Å². The average Bonchev–Trinajstić information content (AvgIpc) is 2.39. The number of aliphatic hydroxyl groups is 1. The molecule has 0 spiro atoms. The molecule has 3 N–H and O–H groups in total. The Morgan fingerprint density at radius 3 is 2.85 bits per heavy atom. The third-order valence-corrected chi connectivity index (χ3v) is 3.49. The summed E-state index contributed by atoms with van der Waals surface area (Å²) < 4.78 is 5.72. The fourth-order valence-corrected chi connectivity index (χ4v) is 2.54. The van der Waals surface area contributed by atoms with E-state index in [2.05, 4.69) is 0 Å². The highest BCUT2D eigenvalue weighted by atomic mass is 16.5. The van der Waals surface area contributed by atoms with E-state index in [1.54, 1.807) is 23.1 Å². The van der Waals surface area contributed by atoms with E-state index in [1.807, 2.05) is 20.8 Å². The molecule has 110 valence electrons. The zero-order valence-electron chi connectivity index (χ0n) is 12.2. The Morgan fingerprint density at radius 1 is 1.55 bits per heavy atom. The number of hydrogen-bond acceptors (Lipinski definition) is 4. The van der Waals surface area contributed by atoms with Crippen molar-refractivity contribution in [3.63, 3.8) is 0 Å². The van der Waals surface area contributed by atoms with Gasteiger partial charge in [-0.15, -0.1) is 0 Å². The molecule has 20 heavy (non-hydrogen) atoms. The largest absolute Gasteiger partial charge is 0.399 e. The van der Waals surface area contributed by atoms with Gasteiger partial charge in [-0.2, -0.15) is 0 Å². The summed E-state index contributed by atoms with van der Waals surface area (Å²) in [6.45, 7) is 6.54. The Kier molecular flexibility index (Phi) is 4.01. The number of nitrogen functional groups attached to an aromatic ring is 1. The second-order valence-corrected chi connectivity index (χ2v) is 5.94. The van der Waals surface area contributed by atoms with Crippen LogP contribution in [-0.2, 0) is 4.74 Å². The van der Waals surface area contributed by atoms with Crippen molar-refractivity contribution < 1.29 is 14.6 Å². The maximum absolute atomic E-state index is 12.6. The second-order valence-electron chi connectivity index (χ2n) is 5.94. The molecule has 1 aliphatic heterocycles. The molecule has 1 aliphatic rings. The van der Waals surface area contributed by atoms with E-state index >= 15 is 0 Å². The molecule has 1 amide bonds. The van der Waals surface area contributed by atoms with Crippen molar-refractivity contribution in [2.24, 2.45) is 0 Å². The Labute approximate surface area is 119 Å². The van der Waals surface area contributed by atoms with Crippen molar-refractivity contribution >= 4 is 11.6 Å². The molecule has 0 aromatic heterocycles. The van der Waals surface area contributed by atoms with Gasteiger partial charge in [-0.1, -0.05) is 0 Å². The summed E-state index contributed by atoms with van der Waals surface area (Å²) in [5.74, 6) is -0.0528. The molecule has 0 aliphatic carbocycles. The van der Waals surface area contributed by atoms with E-state index in [-0.39, 0.29) is 18.6 Å². The molecule has 1 heterocycles. The van der Waals surface area contributed by atoms with Gasteiger partial charge in [0.05, 0.1) is 18.3 Å². The fourth-order valence-electron chi connectivity index (χ4n) is 2.54. The Bertz CT molecular complexity index is 514. The molecule has 0 radical (unpaired) electrons. The first kappa shape index (κ1) is 14.8. The number of amides is 1. The summed E-state index contributed by atoms with van der Waals surface area (Å²) in [6, 6.07) is 5.28. The quantitative estimate of drug-likeness (QED) is 0.797. The molecule has 1 unspecified atom stereocenters. The van der Waals surface area contributed by atoms with Crippen LogP contribution in [0.2, 0.25) is 0 Å². The Morgan fingerprint density at radius 2 is 2.25 bits per heavy atom. The lowest BCUT2D eigenvalue weighted by atomic mass is 10.0. The lowest BCUT2D eigenvalue weighted by molar-refractivity contribution is -0.139. The van der Waals surface area contributed by atoms with Crippen LogP contribution >= 0.6 is 0 Å². The summed E-state index contributed by atoms with van der Waals surface area (Å²) in [4.78, 5) is 14.3. The molecular weight excluding hydrogens is 256 g/mol. The van der Waals surface area contributed by atoms with Crippen molar-refractivity contribution in [1.82, 2.24) is 4.90 Å². The lowest BCUT2D eigenvalue weighted by Crippen LogP contribution is -2.55. The van der Waals surface area contributed by atoms with Crippen molar-refractivity contribution in [3.8, 4) is 0 Å². The summed E-state index contributed by atoms with van der Waals surface area (Å²) in [5, 5.41) is 9.29. The fraction of sp³-hybridized carbons (Fsp3) is 0.533. The predicted molar refractivity (Wildman–Crippen MR) is 77.5 cm³/mol. The van der Waals surface area contributed by atoms with Crippen LogP contribution < -0.4 is 5.73 Å². The number of nitrogens with two attached hydrogens (primary N) is 1. The first-order valence-electron chi connectivity index (χ1n) is 6.76. The minimum absolute atomic E-state index is 0.0528. The summed E-state index contributed by atoms with van der Waals surface area (Å²) in [5.41, 5.74) is 7.51. The molecule has 1 aromatic carbocycles. The molecule has 0 bridgehead atoms. The van der Waals surface area contributed by atoms with Gasteiger partial charge in [-0.3, -0.25) is 4.79 Å². The van der Waals surface area contributed by atoms with Gasteiger partial charge in [0, 0.05) is 24.3 Å². The zero-order chi connectivity index (χ0) is 14.9. The van der Waals surface area contributed by atoms with E-state index < -0.39 is 5.60 Å². The molecule has 1 atom stereocenters. The maximum atomic E-state index is 12.6. The van der Waals surface area contributed by atoms with Crippen molar-refractivity contribution in [3.05, 3.63) is 29.3 Å². The molecule has 1 fully saturated rings. The Hall–Kier alpha value is -1.59. The van der Waals surface area contributed by atoms with E-state index in [0.717, 1.165) is 5.56 Å². The number of morpholine rings is 1. The second kappa shape index (κ2) is 5.42. The average molecular weight is 278 g/mol. The number of aryl methyl sites for hydroxylation is 1. The normalized spacial score (nSPS) is 21.8. The highest BCUT2D eigenvalue weighted by Gasteiger charge is 2.35. The highest BCUT2D eigenvalue weighted by molar-refractivity contribution is 5.95. The monoisotopic (exact) mass is 278 g/mol. The number of ether oxygens (including phenoxy) is 1.